The summed E-state index contributed by atoms with van der Waals surface area (Å²) in [6.07, 6.45) is -0.773. The Balaban J connectivity index is 1.76. The molecule has 1 heterocycles. The molecule has 3 rings (SSSR count). The zero-order valence-electron chi connectivity index (χ0n) is 14.2. The average molecular weight is 336 g/mol. The minimum atomic E-state index is -0.773. The van der Waals surface area contributed by atoms with Crippen molar-refractivity contribution in [3.8, 4) is 11.3 Å². The predicted octanol–water partition coefficient (Wildman–Crippen LogP) is 3.42. The van der Waals surface area contributed by atoms with Crippen molar-refractivity contribution in [3.63, 3.8) is 0 Å². The van der Waals surface area contributed by atoms with Crippen LogP contribution in [0.3, 0.4) is 0 Å². The number of hydrogen-bond acceptors (Lipinski definition) is 4. The third-order valence-electron chi connectivity index (χ3n) is 4.14. The summed E-state index contributed by atoms with van der Waals surface area (Å²) in [5, 5.41) is 17.1. The molecular weight excluding hydrogens is 316 g/mol. The van der Waals surface area contributed by atoms with Gasteiger partial charge in [-0.1, -0.05) is 59.8 Å². The smallest absolute Gasteiger partial charge is 0.257 e. The Morgan fingerprint density at radius 3 is 2.52 bits per heavy atom. The summed E-state index contributed by atoms with van der Waals surface area (Å²) in [7, 11) is 0. The fourth-order valence-electron chi connectivity index (χ4n) is 2.78. The Labute approximate surface area is 146 Å². The molecule has 1 amide bonds. The number of amides is 1. The van der Waals surface area contributed by atoms with E-state index in [1.54, 1.807) is 6.92 Å². The Bertz CT molecular complexity index is 872. The summed E-state index contributed by atoms with van der Waals surface area (Å²) in [6, 6.07) is 17.0. The molecule has 0 bridgehead atoms. The molecule has 0 spiro atoms. The Kier molecular flexibility index (Phi) is 4.95. The van der Waals surface area contributed by atoms with Crippen LogP contribution in [-0.4, -0.2) is 22.7 Å². The molecule has 0 saturated carbocycles. The lowest BCUT2D eigenvalue weighted by molar-refractivity contribution is 0.0915. The van der Waals surface area contributed by atoms with Crippen LogP contribution in [-0.2, 0) is 0 Å². The van der Waals surface area contributed by atoms with Crippen LogP contribution in [0.1, 0.15) is 33.3 Å². The third-order valence-corrected chi connectivity index (χ3v) is 4.14. The largest absolute Gasteiger partial charge is 0.387 e. The fourth-order valence-corrected chi connectivity index (χ4v) is 2.78. The van der Waals surface area contributed by atoms with E-state index in [0.29, 0.717) is 17.0 Å². The highest BCUT2D eigenvalue weighted by atomic mass is 16.5. The summed E-state index contributed by atoms with van der Waals surface area (Å²) in [6.45, 7) is 3.74. The van der Waals surface area contributed by atoms with E-state index in [2.05, 4.69) is 10.5 Å². The SMILES string of the molecule is Cc1ccccc1C(O)CNC(=O)c1c(-c2ccccc2)noc1C. The Hall–Kier alpha value is -2.92. The molecule has 1 unspecified atom stereocenters. The van der Waals surface area contributed by atoms with E-state index in [0.717, 1.165) is 16.7 Å². The minimum absolute atomic E-state index is 0.114. The lowest BCUT2D eigenvalue weighted by Gasteiger charge is -2.14. The van der Waals surface area contributed by atoms with Gasteiger partial charge in [0.15, 0.2) is 0 Å². The van der Waals surface area contributed by atoms with Gasteiger partial charge >= 0.3 is 0 Å². The first-order valence-corrected chi connectivity index (χ1v) is 8.11. The predicted molar refractivity (Wildman–Crippen MR) is 95.1 cm³/mol. The molecular formula is C20H20N2O3. The van der Waals surface area contributed by atoms with E-state index in [1.807, 2.05) is 61.5 Å². The molecule has 3 aromatic rings. The molecule has 128 valence electrons. The zero-order valence-corrected chi connectivity index (χ0v) is 14.2. The number of nitrogens with one attached hydrogen (secondary N) is 1. The van der Waals surface area contributed by atoms with Crippen molar-refractivity contribution >= 4 is 5.91 Å². The van der Waals surface area contributed by atoms with Crippen molar-refractivity contribution in [2.24, 2.45) is 0 Å². The van der Waals surface area contributed by atoms with E-state index >= 15 is 0 Å². The maximum absolute atomic E-state index is 12.6. The number of benzene rings is 2. The fraction of sp³-hybridized carbons (Fsp3) is 0.200. The number of aryl methyl sites for hydroxylation is 2. The molecule has 0 fully saturated rings. The lowest BCUT2D eigenvalue weighted by atomic mass is 10.0. The van der Waals surface area contributed by atoms with Gasteiger partial charge in [0.05, 0.1) is 6.10 Å². The summed E-state index contributed by atoms with van der Waals surface area (Å²) >= 11 is 0. The van der Waals surface area contributed by atoms with Crippen molar-refractivity contribution in [2.75, 3.05) is 6.54 Å². The van der Waals surface area contributed by atoms with Crippen LogP contribution in [0.25, 0.3) is 11.3 Å². The number of aromatic nitrogens is 1. The molecule has 5 heteroatoms. The lowest BCUT2D eigenvalue weighted by Crippen LogP contribution is -2.29. The van der Waals surface area contributed by atoms with Crippen LogP contribution in [0.4, 0.5) is 0 Å². The number of rotatable bonds is 5. The van der Waals surface area contributed by atoms with Gasteiger partial charge in [-0.2, -0.15) is 0 Å². The molecule has 1 atom stereocenters. The van der Waals surface area contributed by atoms with Crippen LogP contribution < -0.4 is 5.32 Å². The Morgan fingerprint density at radius 1 is 1.12 bits per heavy atom. The van der Waals surface area contributed by atoms with E-state index in [9.17, 15) is 9.90 Å². The van der Waals surface area contributed by atoms with Crippen LogP contribution >= 0.6 is 0 Å². The molecule has 0 aliphatic heterocycles. The molecule has 5 nitrogen and oxygen atoms in total. The second-order valence-electron chi connectivity index (χ2n) is 5.91. The number of carbonyl (C=O) groups excluding carboxylic acids is 1. The quantitative estimate of drug-likeness (QED) is 0.748. The van der Waals surface area contributed by atoms with E-state index in [-0.39, 0.29) is 12.5 Å². The number of carbonyl (C=O) groups is 1. The highest BCUT2D eigenvalue weighted by Gasteiger charge is 2.22. The zero-order chi connectivity index (χ0) is 17.8. The molecule has 25 heavy (non-hydrogen) atoms. The summed E-state index contributed by atoms with van der Waals surface area (Å²) < 4.78 is 5.21. The van der Waals surface area contributed by atoms with Crippen molar-refractivity contribution in [1.29, 1.82) is 0 Å². The highest BCUT2D eigenvalue weighted by molar-refractivity contribution is 6.00. The molecule has 0 radical (unpaired) electrons. The van der Waals surface area contributed by atoms with Gasteiger partial charge in [0.1, 0.15) is 17.0 Å². The second kappa shape index (κ2) is 7.32. The van der Waals surface area contributed by atoms with Crippen molar-refractivity contribution in [1.82, 2.24) is 10.5 Å². The molecule has 2 aromatic carbocycles. The van der Waals surface area contributed by atoms with Gasteiger partial charge < -0.3 is 14.9 Å². The van der Waals surface area contributed by atoms with Gasteiger partial charge in [-0.15, -0.1) is 0 Å². The average Bonchev–Trinajstić information content (AvgIpc) is 3.02. The summed E-state index contributed by atoms with van der Waals surface area (Å²) in [5.74, 6) is 0.131. The first kappa shape index (κ1) is 16.9. The van der Waals surface area contributed by atoms with Crippen molar-refractivity contribution in [2.45, 2.75) is 20.0 Å². The van der Waals surface area contributed by atoms with Gasteiger partial charge in [-0.25, -0.2) is 0 Å². The summed E-state index contributed by atoms with van der Waals surface area (Å²) in [4.78, 5) is 12.6. The van der Waals surface area contributed by atoms with Crippen LogP contribution in [0.15, 0.2) is 59.1 Å². The first-order chi connectivity index (χ1) is 12.1. The van der Waals surface area contributed by atoms with E-state index < -0.39 is 6.10 Å². The van der Waals surface area contributed by atoms with Crippen LogP contribution in [0, 0.1) is 13.8 Å². The van der Waals surface area contributed by atoms with E-state index in [4.69, 9.17) is 4.52 Å². The molecule has 2 N–H and O–H groups in total. The van der Waals surface area contributed by atoms with E-state index in [1.165, 1.54) is 0 Å². The monoisotopic (exact) mass is 336 g/mol. The summed E-state index contributed by atoms with van der Waals surface area (Å²) in [5.41, 5.74) is 3.48. The van der Waals surface area contributed by atoms with Gasteiger partial charge in [-0.3, -0.25) is 4.79 Å². The van der Waals surface area contributed by atoms with Gasteiger partial charge in [0.2, 0.25) is 0 Å². The molecule has 0 aliphatic rings. The first-order valence-electron chi connectivity index (χ1n) is 8.11. The topological polar surface area (TPSA) is 75.4 Å². The molecule has 1 aromatic heterocycles. The van der Waals surface area contributed by atoms with Crippen molar-refractivity contribution < 1.29 is 14.4 Å². The maximum atomic E-state index is 12.6. The maximum Gasteiger partial charge on any atom is 0.257 e. The van der Waals surface area contributed by atoms with Crippen LogP contribution in [0.5, 0.6) is 0 Å². The van der Waals surface area contributed by atoms with Crippen molar-refractivity contribution in [3.05, 3.63) is 77.0 Å². The number of aliphatic hydroxyl groups excluding tert-OH is 1. The molecule has 0 aliphatic carbocycles. The van der Waals surface area contributed by atoms with Gasteiger partial charge in [0, 0.05) is 12.1 Å². The van der Waals surface area contributed by atoms with Crippen LogP contribution in [0.2, 0.25) is 0 Å². The number of aliphatic hydroxyl groups is 1. The second-order valence-corrected chi connectivity index (χ2v) is 5.91. The number of nitrogens with zero attached hydrogens (tertiary/aromatic N) is 1. The number of hydrogen-bond donors (Lipinski definition) is 2. The Morgan fingerprint density at radius 2 is 1.80 bits per heavy atom. The molecule has 0 saturated heterocycles. The minimum Gasteiger partial charge on any atom is -0.387 e. The normalized spacial score (nSPS) is 12.0. The van der Waals surface area contributed by atoms with Gasteiger partial charge in [-0.05, 0) is 25.0 Å². The van der Waals surface area contributed by atoms with Gasteiger partial charge in [0.25, 0.3) is 5.91 Å². The highest BCUT2D eigenvalue weighted by Crippen LogP contribution is 2.25. The standard InChI is InChI=1S/C20H20N2O3/c1-13-8-6-7-11-16(13)17(23)12-21-20(24)18-14(2)25-22-19(18)15-9-4-3-5-10-15/h3-11,17,23H,12H2,1-2H3,(H,21,24). The third kappa shape index (κ3) is 3.61.